The molecule has 4 nitrogen and oxygen atoms in total. The summed E-state index contributed by atoms with van der Waals surface area (Å²) in [6, 6.07) is 4.31. The van der Waals surface area contributed by atoms with Gasteiger partial charge in [0.25, 0.3) is 0 Å². The highest BCUT2D eigenvalue weighted by Crippen LogP contribution is 2.19. The van der Waals surface area contributed by atoms with Gasteiger partial charge in [0.1, 0.15) is 0 Å². The highest BCUT2D eigenvalue weighted by atomic mass is 35.5. The topological polar surface area (TPSA) is 69.6 Å². The summed E-state index contributed by atoms with van der Waals surface area (Å²) in [6.07, 6.45) is 1.10. The predicted octanol–water partition coefficient (Wildman–Crippen LogP) is 0.144. The minimum absolute atomic E-state index is 0.249. The van der Waals surface area contributed by atoms with Gasteiger partial charge in [-0.25, -0.2) is 0 Å². The van der Waals surface area contributed by atoms with Crippen LogP contribution in [0.2, 0.25) is 5.02 Å². The smallest absolute Gasteiger partial charge is 0.423 e. The summed E-state index contributed by atoms with van der Waals surface area (Å²) in [4.78, 5) is 11.0. The molecule has 1 amide bonds. The van der Waals surface area contributed by atoms with E-state index in [0.29, 0.717) is 10.7 Å². The van der Waals surface area contributed by atoms with Gasteiger partial charge in [-0.15, -0.1) is 0 Å². The van der Waals surface area contributed by atoms with Crippen LogP contribution in [0.1, 0.15) is 0 Å². The molecule has 0 bridgehead atoms. The molecular formula is C9H9BClNO3. The van der Waals surface area contributed by atoms with E-state index in [1.807, 2.05) is 0 Å². The van der Waals surface area contributed by atoms with Gasteiger partial charge in [0.05, 0.1) is 10.7 Å². The second-order valence-electron chi connectivity index (χ2n) is 2.81. The Bertz CT molecular complexity index is 395. The molecule has 0 unspecified atom stereocenters. The number of hydrogen-bond donors (Lipinski definition) is 3. The van der Waals surface area contributed by atoms with Crippen molar-refractivity contribution in [3.8, 4) is 0 Å². The third-order valence-electron chi connectivity index (χ3n) is 1.73. The Labute approximate surface area is 92.3 Å². The molecule has 0 atom stereocenters. The van der Waals surface area contributed by atoms with Gasteiger partial charge in [-0.05, 0) is 23.7 Å². The lowest BCUT2D eigenvalue weighted by Crippen LogP contribution is -2.30. The van der Waals surface area contributed by atoms with Crippen LogP contribution >= 0.6 is 11.6 Å². The zero-order valence-electron chi connectivity index (χ0n) is 7.77. The van der Waals surface area contributed by atoms with Crippen molar-refractivity contribution in [1.29, 1.82) is 0 Å². The molecular weight excluding hydrogens is 216 g/mol. The van der Waals surface area contributed by atoms with Crippen molar-refractivity contribution in [3.63, 3.8) is 0 Å². The van der Waals surface area contributed by atoms with Crippen LogP contribution < -0.4 is 10.8 Å². The Morgan fingerprint density at radius 2 is 2.20 bits per heavy atom. The zero-order chi connectivity index (χ0) is 11.4. The molecule has 0 aliphatic heterocycles. The molecule has 1 rings (SSSR count). The summed E-state index contributed by atoms with van der Waals surface area (Å²) in [7, 11) is -1.60. The summed E-state index contributed by atoms with van der Waals surface area (Å²) < 4.78 is 0. The second-order valence-corrected chi connectivity index (χ2v) is 3.21. The molecule has 1 aromatic rings. The number of rotatable bonds is 3. The first-order valence-electron chi connectivity index (χ1n) is 4.13. The Kier molecular flexibility index (Phi) is 3.91. The fraction of sp³-hybridized carbons (Fsp3) is 0. The van der Waals surface area contributed by atoms with E-state index in [2.05, 4.69) is 11.9 Å². The highest BCUT2D eigenvalue weighted by molar-refractivity contribution is 6.59. The molecule has 0 aliphatic carbocycles. The Morgan fingerprint density at radius 1 is 1.53 bits per heavy atom. The monoisotopic (exact) mass is 225 g/mol. The number of anilines is 1. The van der Waals surface area contributed by atoms with E-state index in [1.54, 1.807) is 0 Å². The maximum atomic E-state index is 11.0. The van der Waals surface area contributed by atoms with Gasteiger partial charge in [-0.3, -0.25) is 4.79 Å². The van der Waals surface area contributed by atoms with E-state index in [0.717, 1.165) is 6.08 Å². The summed E-state index contributed by atoms with van der Waals surface area (Å²) in [5.74, 6) is -0.415. The number of benzene rings is 1. The van der Waals surface area contributed by atoms with E-state index in [9.17, 15) is 4.79 Å². The quantitative estimate of drug-likeness (QED) is 0.506. The van der Waals surface area contributed by atoms with Gasteiger partial charge in [0.15, 0.2) is 0 Å². The lowest BCUT2D eigenvalue weighted by molar-refractivity contribution is -0.111. The van der Waals surface area contributed by atoms with Gasteiger partial charge in [-0.1, -0.05) is 24.2 Å². The molecule has 6 heteroatoms. The van der Waals surface area contributed by atoms with Gasteiger partial charge < -0.3 is 15.4 Å². The number of nitrogens with one attached hydrogen (secondary N) is 1. The van der Waals surface area contributed by atoms with Crippen molar-refractivity contribution in [2.45, 2.75) is 0 Å². The molecule has 0 saturated carbocycles. The van der Waals surface area contributed by atoms with Crippen molar-refractivity contribution in [3.05, 3.63) is 35.9 Å². The van der Waals surface area contributed by atoms with E-state index in [4.69, 9.17) is 21.6 Å². The summed E-state index contributed by atoms with van der Waals surface area (Å²) in [6.45, 7) is 3.29. The minimum Gasteiger partial charge on any atom is -0.423 e. The van der Waals surface area contributed by atoms with E-state index >= 15 is 0 Å². The fourth-order valence-electron chi connectivity index (χ4n) is 0.983. The largest absolute Gasteiger partial charge is 0.488 e. The molecule has 15 heavy (non-hydrogen) atoms. The molecule has 0 spiro atoms. The SMILES string of the molecule is C=CC(=O)Nc1cc(B(O)O)ccc1Cl. The van der Waals surface area contributed by atoms with Crippen LogP contribution in [0.4, 0.5) is 5.69 Å². The number of halogens is 1. The lowest BCUT2D eigenvalue weighted by Gasteiger charge is -2.07. The zero-order valence-corrected chi connectivity index (χ0v) is 8.53. The third kappa shape index (κ3) is 3.09. The molecule has 0 fully saturated rings. The molecule has 1 aromatic carbocycles. The summed E-state index contributed by atoms with van der Waals surface area (Å²) in [5, 5.41) is 20.6. The number of hydrogen-bond acceptors (Lipinski definition) is 3. The molecule has 0 saturated heterocycles. The van der Waals surface area contributed by atoms with Crippen LogP contribution in [0.5, 0.6) is 0 Å². The van der Waals surface area contributed by atoms with Crippen molar-refractivity contribution in [2.75, 3.05) is 5.32 Å². The number of carbonyl (C=O) groups excluding carboxylic acids is 1. The Morgan fingerprint density at radius 3 is 2.73 bits per heavy atom. The maximum Gasteiger partial charge on any atom is 0.488 e. The standard InChI is InChI=1S/C9H9BClNO3/c1-2-9(13)12-8-5-6(10(14)15)3-4-7(8)11/h2-5,14-15H,1H2,(H,12,13). The first kappa shape index (κ1) is 11.8. The summed E-state index contributed by atoms with van der Waals surface area (Å²) in [5.41, 5.74) is 0.561. The van der Waals surface area contributed by atoms with E-state index in [-0.39, 0.29) is 5.46 Å². The molecule has 0 heterocycles. The van der Waals surface area contributed by atoms with Gasteiger partial charge in [0.2, 0.25) is 5.91 Å². The molecule has 0 aromatic heterocycles. The van der Waals surface area contributed by atoms with Crippen LogP contribution in [-0.4, -0.2) is 23.1 Å². The first-order chi connectivity index (χ1) is 7.04. The fourth-order valence-corrected chi connectivity index (χ4v) is 1.15. The van der Waals surface area contributed by atoms with Crippen LogP contribution in [0.15, 0.2) is 30.9 Å². The summed E-state index contributed by atoms with van der Waals surface area (Å²) >= 11 is 5.79. The predicted molar refractivity (Wildman–Crippen MR) is 60.1 cm³/mol. The van der Waals surface area contributed by atoms with Crippen molar-refractivity contribution < 1.29 is 14.8 Å². The van der Waals surface area contributed by atoms with Crippen molar-refractivity contribution in [1.82, 2.24) is 0 Å². The van der Waals surface area contributed by atoms with Crippen LogP contribution in [-0.2, 0) is 4.79 Å². The number of carbonyl (C=O) groups is 1. The maximum absolute atomic E-state index is 11.0. The second kappa shape index (κ2) is 4.98. The average molecular weight is 225 g/mol. The Hall–Kier alpha value is -1.30. The van der Waals surface area contributed by atoms with Gasteiger partial charge >= 0.3 is 7.12 Å². The van der Waals surface area contributed by atoms with Crippen LogP contribution in [0, 0.1) is 0 Å². The van der Waals surface area contributed by atoms with Gasteiger partial charge in [-0.2, -0.15) is 0 Å². The molecule has 0 aliphatic rings. The number of amides is 1. The average Bonchev–Trinajstić information content (AvgIpc) is 2.20. The van der Waals surface area contributed by atoms with Crippen molar-refractivity contribution >= 4 is 35.8 Å². The van der Waals surface area contributed by atoms with Crippen LogP contribution in [0.25, 0.3) is 0 Å². The van der Waals surface area contributed by atoms with Crippen molar-refractivity contribution in [2.24, 2.45) is 0 Å². The van der Waals surface area contributed by atoms with E-state index < -0.39 is 13.0 Å². The highest BCUT2D eigenvalue weighted by Gasteiger charge is 2.13. The van der Waals surface area contributed by atoms with Gasteiger partial charge in [0, 0.05) is 0 Å². The normalized spacial score (nSPS) is 9.53. The molecule has 78 valence electrons. The molecule has 3 N–H and O–H groups in total. The Balaban J connectivity index is 3.00. The molecule has 0 radical (unpaired) electrons. The lowest BCUT2D eigenvalue weighted by atomic mass is 9.80. The first-order valence-corrected chi connectivity index (χ1v) is 4.51. The van der Waals surface area contributed by atoms with Crippen LogP contribution in [0.3, 0.4) is 0 Å². The van der Waals surface area contributed by atoms with E-state index in [1.165, 1.54) is 18.2 Å². The third-order valence-corrected chi connectivity index (χ3v) is 2.06. The minimum atomic E-state index is -1.60.